The summed E-state index contributed by atoms with van der Waals surface area (Å²) in [5.74, 6) is -0.702. The lowest BCUT2D eigenvalue weighted by molar-refractivity contribution is -0.0539. The molecule has 1 fully saturated rings. The molecule has 0 aliphatic carbocycles. The molecule has 1 aliphatic heterocycles. The number of oxazole rings is 1. The van der Waals surface area contributed by atoms with Crippen LogP contribution in [0.5, 0.6) is 0 Å². The van der Waals surface area contributed by atoms with Gasteiger partial charge in [0.1, 0.15) is 28.7 Å². The van der Waals surface area contributed by atoms with Crippen LogP contribution in [0.3, 0.4) is 0 Å². The van der Waals surface area contributed by atoms with E-state index in [0.29, 0.717) is 60.0 Å². The van der Waals surface area contributed by atoms with Crippen molar-refractivity contribution in [1.29, 1.82) is 0 Å². The van der Waals surface area contributed by atoms with Gasteiger partial charge in [0.25, 0.3) is 6.01 Å². The molecular weight excluding hydrogens is 444 g/mol. The maximum absolute atomic E-state index is 14.7. The van der Waals surface area contributed by atoms with Crippen LogP contribution in [0.2, 0.25) is 0 Å². The summed E-state index contributed by atoms with van der Waals surface area (Å²) in [6.07, 6.45) is 0.792. The number of hydrogen-bond acceptors (Lipinski definition) is 7. The van der Waals surface area contributed by atoms with Crippen molar-refractivity contribution in [3.05, 3.63) is 47.8 Å². The first kappa shape index (κ1) is 22.4. The topological polar surface area (TPSA) is 98.1 Å². The normalized spacial score (nSPS) is 15.9. The molecule has 5 rings (SSSR count). The van der Waals surface area contributed by atoms with Crippen LogP contribution in [0.1, 0.15) is 26.1 Å². The van der Waals surface area contributed by atoms with Crippen LogP contribution in [0.4, 0.5) is 14.8 Å². The number of halogens is 2. The van der Waals surface area contributed by atoms with E-state index in [9.17, 15) is 8.78 Å². The van der Waals surface area contributed by atoms with Crippen molar-refractivity contribution in [3.63, 3.8) is 0 Å². The van der Waals surface area contributed by atoms with Crippen LogP contribution < -0.4 is 5.32 Å². The Morgan fingerprint density at radius 3 is 2.71 bits per heavy atom. The third kappa shape index (κ3) is 4.14. The van der Waals surface area contributed by atoms with Gasteiger partial charge in [-0.2, -0.15) is 4.98 Å². The molecule has 0 unspecified atom stereocenters. The number of aromatic amines is 1. The number of anilines is 1. The molecular formula is C24H25F2N5O3. The number of hydrogen-bond donors (Lipinski definition) is 2. The van der Waals surface area contributed by atoms with Gasteiger partial charge in [0.05, 0.1) is 30.0 Å². The first-order chi connectivity index (χ1) is 16.4. The third-order valence-corrected chi connectivity index (χ3v) is 5.94. The minimum absolute atomic E-state index is 0.0983. The van der Waals surface area contributed by atoms with Gasteiger partial charge in [-0.1, -0.05) is 0 Å². The zero-order valence-corrected chi connectivity index (χ0v) is 19.1. The average Bonchev–Trinajstić information content (AvgIpc) is 3.39. The van der Waals surface area contributed by atoms with E-state index >= 15 is 0 Å². The van der Waals surface area contributed by atoms with Crippen molar-refractivity contribution in [2.75, 3.05) is 32.2 Å². The number of aromatic nitrogens is 4. The van der Waals surface area contributed by atoms with Gasteiger partial charge in [-0.25, -0.2) is 18.7 Å². The summed E-state index contributed by atoms with van der Waals surface area (Å²) in [7, 11) is 1.66. The first-order valence-electron chi connectivity index (χ1n) is 11.0. The van der Waals surface area contributed by atoms with E-state index in [1.165, 1.54) is 12.1 Å². The summed E-state index contributed by atoms with van der Waals surface area (Å²) < 4.78 is 44.6. The van der Waals surface area contributed by atoms with Crippen LogP contribution in [0.15, 0.2) is 34.7 Å². The molecule has 1 saturated heterocycles. The van der Waals surface area contributed by atoms with Crippen LogP contribution in [-0.2, 0) is 14.9 Å². The van der Waals surface area contributed by atoms with E-state index in [0.717, 1.165) is 12.5 Å². The quantitative estimate of drug-likeness (QED) is 0.387. The molecule has 8 nitrogen and oxygen atoms in total. The van der Waals surface area contributed by atoms with Gasteiger partial charge in [0, 0.05) is 31.4 Å². The molecule has 1 aliphatic rings. The van der Waals surface area contributed by atoms with Crippen molar-refractivity contribution in [2.45, 2.75) is 31.7 Å². The summed E-state index contributed by atoms with van der Waals surface area (Å²) in [6, 6.07) is 7.44. The first-order valence-corrected chi connectivity index (χ1v) is 11.0. The Balaban J connectivity index is 1.54. The predicted octanol–water partition coefficient (Wildman–Crippen LogP) is 4.68. The van der Waals surface area contributed by atoms with Crippen molar-refractivity contribution in [3.8, 4) is 22.6 Å². The van der Waals surface area contributed by atoms with E-state index in [1.54, 1.807) is 19.2 Å². The van der Waals surface area contributed by atoms with E-state index in [1.807, 2.05) is 13.8 Å². The summed E-state index contributed by atoms with van der Waals surface area (Å²) in [6.45, 7) is 5.63. The van der Waals surface area contributed by atoms with Crippen molar-refractivity contribution in [1.82, 2.24) is 19.9 Å². The van der Waals surface area contributed by atoms with Gasteiger partial charge in [-0.15, -0.1) is 0 Å². The van der Waals surface area contributed by atoms with Crippen molar-refractivity contribution in [2.24, 2.45) is 0 Å². The fourth-order valence-electron chi connectivity index (χ4n) is 3.86. The summed E-state index contributed by atoms with van der Waals surface area (Å²) in [5.41, 5.74) is 2.13. The number of imidazole rings is 1. The number of rotatable bonds is 8. The fourth-order valence-corrected chi connectivity index (χ4v) is 3.86. The highest BCUT2D eigenvalue weighted by molar-refractivity contribution is 5.81. The lowest BCUT2D eigenvalue weighted by atomic mass is 9.88. The second-order valence-electron chi connectivity index (χ2n) is 8.85. The largest absolute Gasteiger partial charge is 0.404 e. The van der Waals surface area contributed by atoms with Gasteiger partial charge in [0.15, 0.2) is 0 Å². The van der Waals surface area contributed by atoms with Gasteiger partial charge < -0.3 is 24.2 Å². The second kappa shape index (κ2) is 8.77. The molecule has 4 aromatic rings. The van der Waals surface area contributed by atoms with Crippen LogP contribution >= 0.6 is 0 Å². The lowest BCUT2D eigenvalue weighted by Gasteiger charge is -2.36. The average molecular weight is 469 g/mol. The Hall–Kier alpha value is -3.37. The lowest BCUT2D eigenvalue weighted by Crippen LogP contribution is -2.44. The number of H-pyrrole nitrogens is 1. The number of nitrogens with zero attached hydrogens (tertiary/aromatic N) is 3. The highest BCUT2D eigenvalue weighted by Crippen LogP contribution is 2.37. The molecule has 1 atom stereocenters. The summed E-state index contributed by atoms with van der Waals surface area (Å²) in [5, 5.41) is 3.20. The number of nitrogens with one attached hydrogen (secondary N) is 2. The molecule has 0 radical (unpaired) electrons. The molecule has 34 heavy (non-hydrogen) atoms. The highest BCUT2D eigenvalue weighted by atomic mass is 19.1. The van der Waals surface area contributed by atoms with Crippen LogP contribution in [0.25, 0.3) is 33.9 Å². The van der Waals surface area contributed by atoms with Crippen molar-refractivity contribution < 1.29 is 22.7 Å². The van der Waals surface area contributed by atoms with Crippen LogP contribution in [-0.4, -0.2) is 52.9 Å². The Morgan fingerprint density at radius 2 is 2.00 bits per heavy atom. The van der Waals surface area contributed by atoms with E-state index in [2.05, 4.69) is 25.3 Å². The standard InChI is InChI=1S/C24H25F2N5O3/c1-13(8-9-32-3)27-23-29-18-7-6-17(28-21(18)34-23)20-19(15-5-4-14(25)10-16(15)26)30-22(31-20)24(2)11-33-12-24/h4-7,10,13H,8-9,11-12H2,1-3H3,(H,27,29)(H,30,31)/t13-/m0/s1. The van der Waals surface area contributed by atoms with Gasteiger partial charge in [-0.3, -0.25) is 0 Å². The molecule has 0 bridgehead atoms. The molecule has 3 aromatic heterocycles. The molecule has 2 N–H and O–H groups in total. The summed E-state index contributed by atoms with van der Waals surface area (Å²) in [4.78, 5) is 17.0. The number of methoxy groups -OCH3 is 1. The highest BCUT2D eigenvalue weighted by Gasteiger charge is 2.39. The number of fused-ring (bicyclic) bond motifs is 1. The molecule has 178 valence electrons. The number of ether oxygens (including phenoxy) is 2. The number of benzene rings is 1. The van der Waals surface area contributed by atoms with Crippen LogP contribution in [0, 0.1) is 11.6 Å². The maximum Gasteiger partial charge on any atom is 0.297 e. The molecule has 0 saturated carbocycles. The zero-order chi connectivity index (χ0) is 23.9. The maximum atomic E-state index is 14.7. The Labute approximate surface area is 194 Å². The predicted molar refractivity (Wildman–Crippen MR) is 122 cm³/mol. The molecule has 0 amide bonds. The smallest absolute Gasteiger partial charge is 0.297 e. The Kier molecular flexibility index (Phi) is 5.78. The monoisotopic (exact) mass is 469 g/mol. The molecule has 0 spiro atoms. The Morgan fingerprint density at radius 1 is 1.18 bits per heavy atom. The number of pyridine rings is 1. The van der Waals surface area contributed by atoms with E-state index in [4.69, 9.17) is 13.9 Å². The molecule has 1 aromatic carbocycles. The van der Waals surface area contributed by atoms with Gasteiger partial charge >= 0.3 is 0 Å². The van der Waals surface area contributed by atoms with Gasteiger partial charge in [0.2, 0.25) is 5.71 Å². The molecule has 10 heteroatoms. The Bertz CT molecular complexity index is 1330. The van der Waals surface area contributed by atoms with E-state index in [-0.39, 0.29) is 17.0 Å². The van der Waals surface area contributed by atoms with Crippen molar-refractivity contribution >= 4 is 17.2 Å². The minimum Gasteiger partial charge on any atom is -0.404 e. The zero-order valence-electron chi connectivity index (χ0n) is 19.1. The fraction of sp³-hybridized carbons (Fsp3) is 0.375. The SMILES string of the molecule is COCC[C@H](C)Nc1nc2ccc(-c3[nH]c(C4(C)COC4)nc3-c3ccc(F)cc3F)nc2o1. The molecule has 4 heterocycles. The van der Waals surface area contributed by atoms with E-state index < -0.39 is 11.6 Å². The van der Waals surface area contributed by atoms with Gasteiger partial charge in [-0.05, 0) is 44.5 Å². The third-order valence-electron chi connectivity index (χ3n) is 5.94. The minimum atomic E-state index is -0.702. The second-order valence-corrected chi connectivity index (χ2v) is 8.85. The summed E-state index contributed by atoms with van der Waals surface area (Å²) >= 11 is 0.